The maximum atomic E-state index is 5.88. The third-order valence-electron chi connectivity index (χ3n) is 1.93. The Morgan fingerprint density at radius 3 is 2.00 bits per heavy atom. The Bertz CT molecular complexity index is 108. The van der Waals surface area contributed by atoms with Crippen LogP contribution in [0, 0.1) is 11.8 Å². The molecule has 60 valence electrons. The summed E-state index contributed by atoms with van der Waals surface area (Å²) in [5.74, 6) is 0.946. The van der Waals surface area contributed by atoms with Gasteiger partial charge < -0.3 is 0 Å². The Labute approximate surface area is 73.2 Å². The molecule has 0 saturated heterocycles. The molecule has 3 atom stereocenters. The zero-order valence-electron chi connectivity index (χ0n) is 6.64. The van der Waals surface area contributed by atoms with Crippen molar-refractivity contribution in [2.24, 2.45) is 11.8 Å². The first-order valence-electron chi connectivity index (χ1n) is 3.50. The summed E-state index contributed by atoms with van der Waals surface area (Å²) in [6, 6.07) is 0. The van der Waals surface area contributed by atoms with Gasteiger partial charge in [0.1, 0.15) is 0 Å². The monoisotopic (exact) mass is 180 g/mol. The van der Waals surface area contributed by atoms with Gasteiger partial charge in [-0.3, -0.25) is 0 Å². The molecule has 0 aliphatic carbocycles. The van der Waals surface area contributed by atoms with E-state index in [4.69, 9.17) is 23.2 Å². The van der Waals surface area contributed by atoms with Crippen molar-refractivity contribution in [3.8, 4) is 0 Å². The van der Waals surface area contributed by atoms with E-state index in [9.17, 15) is 0 Å². The normalized spacial score (nSPS) is 20.9. The van der Waals surface area contributed by atoms with Crippen molar-refractivity contribution in [1.29, 1.82) is 0 Å². The van der Waals surface area contributed by atoms with Gasteiger partial charge in [0.25, 0.3) is 0 Å². The maximum absolute atomic E-state index is 5.88. The third kappa shape index (κ3) is 3.48. The van der Waals surface area contributed by atoms with Crippen LogP contribution < -0.4 is 0 Å². The molecular weight excluding hydrogens is 167 g/mol. The summed E-state index contributed by atoms with van der Waals surface area (Å²) in [6.45, 7) is 6.24. The summed E-state index contributed by atoms with van der Waals surface area (Å²) < 4.78 is 0. The molecule has 0 radical (unpaired) electrons. The highest BCUT2D eigenvalue weighted by atomic mass is 35.5. The molecule has 0 bridgehead atoms. The molecule has 0 nitrogen and oxygen atoms in total. The van der Waals surface area contributed by atoms with Crippen LogP contribution in [0.25, 0.3) is 0 Å². The van der Waals surface area contributed by atoms with Crippen LogP contribution in [0.1, 0.15) is 20.8 Å². The molecule has 0 aliphatic rings. The zero-order chi connectivity index (χ0) is 8.15. The smallest absolute Gasteiger partial charge is 0.0338 e. The van der Waals surface area contributed by atoms with Crippen LogP contribution in [0.4, 0.5) is 0 Å². The number of hydrogen-bond donors (Lipinski definition) is 0. The second-order valence-corrected chi connectivity index (χ2v) is 3.65. The lowest BCUT2D eigenvalue weighted by molar-refractivity contribution is 0.453. The molecule has 0 rings (SSSR count). The Morgan fingerprint density at radius 2 is 1.70 bits per heavy atom. The van der Waals surface area contributed by atoms with E-state index in [1.165, 1.54) is 0 Å². The summed E-state index contributed by atoms with van der Waals surface area (Å²) in [6.07, 6.45) is 1.96. The average molecular weight is 181 g/mol. The second-order valence-electron chi connectivity index (χ2n) is 2.71. The van der Waals surface area contributed by atoms with Crippen molar-refractivity contribution < 1.29 is 0 Å². The number of halogens is 2. The minimum atomic E-state index is 0.211. The van der Waals surface area contributed by atoms with Crippen molar-refractivity contribution in [1.82, 2.24) is 0 Å². The van der Waals surface area contributed by atoms with Crippen LogP contribution in [-0.2, 0) is 0 Å². The molecule has 0 fully saturated rings. The lowest BCUT2D eigenvalue weighted by atomic mass is 9.94. The molecule has 2 heteroatoms. The van der Waals surface area contributed by atoms with Gasteiger partial charge in [0.2, 0.25) is 0 Å². The van der Waals surface area contributed by atoms with Gasteiger partial charge in [-0.1, -0.05) is 31.5 Å². The van der Waals surface area contributed by atoms with Gasteiger partial charge in [0.05, 0.1) is 0 Å². The van der Waals surface area contributed by atoms with Crippen LogP contribution in [0.15, 0.2) is 11.6 Å². The molecule has 0 aliphatic heterocycles. The topological polar surface area (TPSA) is 0 Å². The highest BCUT2D eigenvalue weighted by molar-refractivity contribution is 6.25. The standard InChI is InChI=1S/C8H14Cl2/c1-6(4-5-9)7(2)8(3)10/h4-8H,1-3H3/b5-4+/t6?,7-,8-/m0/s1. The predicted octanol–water partition coefficient (Wildman–Crippen LogP) is 3.64. The van der Waals surface area contributed by atoms with E-state index >= 15 is 0 Å². The molecule has 0 heterocycles. The SMILES string of the molecule is CC(/C=C/Cl)[C@H](C)[C@H](C)Cl. The minimum Gasteiger partial charge on any atom is -0.123 e. The van der Waals surface area contributed by atoms with Crippen LogP contribution >= 0.6 is 23.2 Å². The van der Waals surface area contributed by atoms with Crippen LogP contribution in [0.3, 0.4) is 0 Å². The molecule has 0 aromatic rings. The average Bonchev–Trinajstić information content (AvgIpc) is 1.87. The molecule has 0 N–H and O–H groups in total. The fraction of sp³-hybridized carbons (Fsp3) is 0.750. The summed E-state index contributed by atoms with van der Waals surface area (Å²) in [7, 11) is 0. The highest BCUT2D eigenvalue weighted by Gasteiger charge is 2.13. The second kappa shape index (κ2) is 5.03. The Kier molecular flexibility index (Phi) is 5.20. The van der Waals surface area contributed by atoms with E-state index in [-0.39, 0.29) is 5.38 Å². The Morgan fingerprint density at radius 1 is 1.20 bits per heavy atom. The lowest BCUT2D eigenvalue weighted by Gasteiger charge is -2.18. The third-order valence-corrected chi connectivity index (χ3v) is 2.47. The van der Waals surface area contributed by atoms with Crippen molar-refractivity contribution >= 4 is 23.2 Å². The van der Waals surface area contributed by atoms with Crippen molar-refractivity contribution in [2.45, 2.75) is 26.1 Å². The molecule has 0 spiro atoms. The van der Waals surface area contributed by atoms with Crippen molar-refractivity contribution in [3.63, 3.8) is 0 Å². The lowest BCUT2D eigenvalue weighted by Crippen LogP contribution is -2.14. The van der Waals surface area contributed by atoms with Crippen molar-refractivity contribution in [2.75, 3.05) is 0 Å². The number of rotatable bonds is 3. The fourth-order valence-corrected chi connectivity index (χ4v) is 1.17. The predicted molar refractivity (Wildman–Crippen MR) is 48.6 cm³/mol. The van der Waals surface area contributed by atoms with E-state index < -0.39 is 0 Å². The summed E-state index contributed by atoms with van der Waals surface area (Å²) in [5.41, 5.74) is 1.56. The first kappa shape index (κ1) is 10.3. The van der Waals surface area contributed by atoms with Gasteiger partial charge in [0.15, 0.2) is 0 Å². The quantitative estimate of drug-likeness (QED) is 0.583. The van der Waals surface area contributed by atoms with Gasteiger partial charge in [-0.05, 0) is 18.8 Å². The van der Waals surface area contributed by atoms with E-state index in [0.717, 1.165) is 0 Å². The minimum absolute atomic E-state index is 0.211. The molecule has 0 aromatic carbocycles. The van der Waals surface area contributed by atoms with Crippen LogP contribution in [0.2, 0.25) is 0 Å². The first-order chi connectivity index (χ1) is 4.59. The van der Waals surface area contributed by atoms with Crippen LogP contribution in [-0.4, -0.2) is 5.38 Å². The van der Waals surface area contributed by atoms with E-state index in [0.29, 0.717) is 11.8 Å². The molecule has 0 aromatic heterocycles. The zero-order valence-corrected chi connectivity index (χ0v) is 8.15. The van der Waals surface area contributed by atoms with Gasteiger partial charge >= 0.3 is 0 Å². The van der Waals surface area contributed by atoms with Gasteiger partial charge in [-0.25, -0.2) is 0 Å². The molecule has 0 amide bonds. The van der Waals surface area contributed by atoms with Gasteiger partial charge in [0, 0.05) is 10.9 Å². The van der Waals surface area contributed by atoms with E-state index in [2.05, 4.69) is 13.8 Å². The summed E-state index contributed by atoms with van der Waals surface area (Å²) >= 11 is 11.3. The Balaban J connectivity index is 3.81. The van der Waals surface area contributed by atoms with Crippen LogP contribution in [0.5, 0.6) is 0 Å². The van der Waals surface area contributed by atoms with Crippen molar-refractivity contribution in [3.05, 3.63) is 11.6 Å². The number of alkyl halides is 1. The highest BCUT2D eigenvalue weighted by Crippen LogP contribution is 2.20. The molecular formula is C8H14Cl2. The Hall–Kier alpha value is 0.320. The first-order valence-corrected chi connectivity index (χ1v) is 4.37. The molecule has 0 saturated carbocycles. The van der Waals surface area contributed by atoms with E-state index in [1.54, 1.807) is 5.54 Å². The largest absolute Gasteiger partial charge is 0.123 e. The molecule has 10 heavy (non-hydrogen) atoms. The van der Waals surface area contributed by atoms with Gasteiger partial charge in [-0.2, -0.15) is 0 Å². The summed E-state index contributed by atoms with van der Waals surface area (Å²) in [4.78, 5) is 0. The number of allylic oxidation sites excluding steroid dienone is 1. The molecule has 1 unspecified atom stereocenters. The van der Waals surface area contributed by atoms with E-state index in [1.807, 2.05) is 13.0 Å². The fourth-order valence-electron chi connectivity index (χ4n) is 0.708. The van der Waals surface area contributed by atoms with Gasteiger partial charge in [-0.15, -0.1) is 11.6 Å². The number of hydrogen-bond acceptors (Lipinski definition) is 0. The maximum Gasteiger partial charge on any atom is 0.0338 e. The summed E-state index contributed by atoms with van der Waals surface area (Å²) in [5, 5.41) is 0.211.